The van der Waals surface area contributed by atoms with E-state index in [1.54, 1.807) is 17.9 Å². The van der Waals surface area contributed by atoms with Gasteiger partial charge in [-0.05, 0) is 24.6 Å². The maximum Gasteiger partial charge on any atom is 0.270 e. The number of hydrogen-bond acceptors (Lipinski definition) is 5. The van der Waals surface area contributed by atoms with Crippen molar-refractivity contribution in [1.29, 1.82) is 0 Å². The number of fused-ring (bicyclic) bond motifs is 1. The van der Waals surface area contributed by atoms with E-state index in [9.17, 15) is 14.9 Å². The maximum atomic E-state index is 11.5. The average molecular weight is 314 g/mol. The molecule has 2 aromatic rings. The lowest BCUT2D eigenvalue weighted by Crippen LogP contribution is -2.37. The van der Waals surface area contributed by atoms with E-state index in [0.29, 0.717) is 0 Å². The second kappa shape index (κ2) is 5.83. The molecule has 0 aliphatic carbocycles. The third-order valence-electron chi connectivity index (χ3n) is 4.40. The van der Waals surface area contributed by atoms with E-state index >= 15 is 0 Å². The molecule has 1 atom stereocenters. The van der Waals surface area contributed by atoms with Crippen LogP contribution in [-0.4, -0.2) is 46.9 Å². The second-order valence-electron chi connectivity index (χ2n) is 5.82. The molecule has 0 radical (unpaired) electrons. The highest BCUT2D eigenvalue weighted by atomic mass is 16.6. The first-order valence-electron chi connectivity index (χ1n) is 7.49. The number of nitro groups is 1. The van der Waals surface area contributed by atoms with Crippen LogP contribution in [0.4, 0.5) is 11.5 Å². The van der Waals surface area contributed by atoms with Gasteiger partial charge in [-0.25, -0.2) is 4.98 Å². The van der Waals surface area contributed by atoms with Crippen molar-refractivity contribution in [2.45, 2.75) is 19.4 Å². The highest BCUT2D eigenvalue weighted by Crippen LogP contribution is 2.25. The molecule has 1 aliphatic heterocycles. The van der Waals surface area contributed by atoms with Crippen molar-refractivity contribution >= 4 is 28.3 Å². The Morgan fingerprint density at radius 3 is 2.87 bits per heavy atom. The Balaban J connectivity index is 1.83. The predicted octanol–water partition coefficient (Wildman–Crippen LogP) is 2.20. The van der Waals surface area contributed by atoms with Crippen molar-refractivity contribution in [2.24, 2.45) is 0 Å². The van der Waals surface area contributed by atoms with E-state index in [2.05, 4.69) is 9.88 Å². The van der Waals surface area contributed by atoms with Gasteiger partial charge in [-0.15, -0.1) is 0 Å². The molecule has 1 aliphatic rings. The summed E-state index contributed by atoms with van der Waals surface area (Å²) in [4.78, 5) is 30.4. The van der Waals surface area contributed by atoms with Crippen molar-refractivity contribution in [3.8, 4) is 0 Å². The monoisotopic (exact) mass is 314 g/mol. The van der Waals surface area contributed by atoms with E-state index in [1.165, 1.54) is 12.1 Å². The highest BCUT2D eigenvalue weighted by Gasteiger charge is 2.27. The smallest absolute Gasteiger partial charge is 0.270 e. The Kier molecular flexibility index (Phi) is 3.85. The normalized spacial score (nSPS) is 17.5. The number of benzene rings is 1. The topological polar surface area (TPSA) is 79.6 Å². The highest BCUT2D eigenvalue weighted by molar-refractivity contribution is 5.82. The van der Waals surface area contributed by atoms with Gasteiger partial charge in [0.1, 0.15) is 5.82 Å². The van der Waals surface area contributed by atoms with Crippen LogP contribution in [0, 0.1) is 10.1 Å². The molecule has 1 amide bonds. The average Bonchev–Trinajstić information content (AvgIpc) is 3.02. The third kappa shape index (κ3) is 2.94. The molecule has 0 spiro atoms. The van der Waals surface area contributed by atoms with Crippen LogP contribution >= 0.6 is 0 Å². The Bertz CT molecular complexity index is 777. The van der Waals surface area contributed by atoms with Crippen molar-refractivity contribution in [2.75, 3.05) is 25.0 Å². The molecule has 1 fully saturated rings. The van der Waals surface area contributed by atoms with Gasteiger partial charge in [-0.3, -0.25) is 14.9 Å². The first-order valence-corrected chi connectivity index (χ1v) is 7.49. The minimum absolute atomic E-state index is 0.0654. The van der Waals surface area contributed by atoms with E-state index in [4.69, 9.17) is 0 Å². The number of likely N-dealkylation sites (N-methyl/N-ethyl adjacent to an activating group) is 1. The number of rotatable bonds is 3. The van der Waals surface area contributed by atoms with Crippen LogP contribution in [0.5, 0.6) is 0 Å². The molecular weight excluding hydrogens is 296 g/mol. The molecule has 0 saturated carbocycles. The van der Waals surface area contributed by atoms with E-state index in [0.717, 1.165) is 36.2 Å². The minimum Gasteiger partial charge on any atom is -0.354 e. The summed E-state index contributed by atoms with van der Waals surface area (Å²) in [5.41, 5.74) is 0.799. The molecule has 23 heavy (non-hydrogen) atoms. The number of anilines is 1. The number of aromatic nitrogens is 1. The summed E-state index contributed by atoms with van der Waals surface area (Å²) in [5, 5.41) is 11.6. The second-order valence-corrected chi connectivity index (χ2v) is 5.82. The molecule has 120 valence electrons. The lowest BCUT2D eigenvalue weighted by atomic mass is 10.2. The van der Waals surface area contributed by atoms with Crippen molar-refractivity contribution < 1.29 is 9.72 Å². The van der Waals surface area contributed by atoms with Crippen molar-refractivity contribution in [3.05, 3.63) is 40.4 Å². The fraction of sp³-hybridized carbons (Fsp3) is 0.375. The van der Waals surface area contributed by atoms with Gasteiger partial charge in [-0.2, -0.15) is 0 Å². The number of carbonyl (C=O) groups excluding carboxylic acids is 1. The van der Waals surface area contributed by atoms with Crippen LogP contribution < -0.4 is 4.90 Å². The summed E-state index contributed by atoms with van der Waals surface area (Å²) in [5.74, 6) is 0.904. The van der Waals surface area contributed by atoms with Gasteiger partial charge in [0.25, 0.3) is 5.69 Å². The van der Waals surface area contributed by atoms with Crippen LogP contribution in [0.15, 0.2) is 30.3 Å². The largest absolute Gasteiger partial charge is 0.354 e. The molecule has 0 bridgehead atoms. The standard InChI is InChI=1S/C16H18N4O3/c1-11(21)18(2)14-7-8-19(10-14)16-6-3-12-9-13(20(22)23)4-5-15(12)17-16/h3-6,9,14H,7-8,10H2,1-2H3/t14-/m1/s1. The first-order chi connectivity index (χ1) is 11.0. The fourth-order valence-corrected chi connectivity index (χ4v) is 2.92. The van der Waals surface area contributed by atoms with Gasteiger partial charge in [0.15, 0.2) is 0 Å². The Morgan fingerprint density at radius 1 is 1.39 bits per heavy atom. The van der Waals surface area contributed by atoms with Crippen LogP contribution in [0.2, 0.25) is 0 Å². The molecule has 3 rings (SSSR count). The Labute approximate surface area is 133 Å². The maximum absolute atomic E-state index is 11.5. The molecule has 1 aromatic heterocycles. The molecule has 1 aromatic carbocycles. The van der Waals surface area contributed by atoms with Crippen molar-refractivity contribution in [3.63, 3.8) is 0 Å². The zero-order valence-electron chi connectivity index (χ0n) is 13.1. The summed E-state index contributed by atoms with van der Waals surface area (Å²) < 4.78 is 0. The molecule has 0 N–H and O–H groups in total. The van der Waals surface area contributed by atoms with Crippen LogP contribution in [0.3, 0.4) is 0 Å². The van der Waals surface area contributed by atoms with Crippen LogP contribution in [0.25, 0.3) is 10.9 Å². The first kappa shape index (κ1) is 15.2. The number of carbonyl (C=O) groups is 1. The molecule has 1 saturated heterocycles. The molecule has 7 nitrogen and oxygen atoms in total. The summed E-state index contributed by atoms with van der Waals surface area (Å²) in [6.45, 7) is 3.17. The Hall–Kier alpha value is -2.70. The summed E-state index contributed by atoms with van der Waals surface area (Å²) in [7, 11) is 1.82. The number of hydrogen-bond donors (Lipinski definition) is 0. The van der Waals surface area contributed by atoms with Crippen LogP contribution in [0.1, 0.15) is 13.3 Å². The Morgan fingerprint density at radius 2 is 2.17 bits per heavy atom. The van der Waals surface area contributed by atoms with Gasteiger partial charge < -0.3 is 9.80 Å². The van der Waals surface area contributed by atoms with E-state index < -0.39 is 4.92 Å². The summed E-state index contributed by atoms with van der Waals surface area (Å²) in [6, 6.07) is 8.60. The van der Waals surface area contributed by atoms with E-state index in [-0.39, 0.29) is 17.6 Å². The number of non-ortho nitro benzene ring substituents is 1. The van der Waals surface area contributed by atoms with Gasteiger partial charge in [0.2, 0.25) is 5.91 Å². The minimum atomic E-state index is -0.407. The quantitative estimate of drug-likeness (QED) is 0.641. The van der Waals surface area contributed by atoms with Crippen molar-refractivity contribution in [1.82, 2.24) is 9.88 Å². The van der Waals surface area contributed by atoms with E-state index in [1.807, 2.05) is 19.2 Å². The molecular formula is C16H18N4O3. The summed E-state index contributed by atoms with van der Waals surface area (Å²) >= 11 is 0. The summed E-state index contributed by atoms with van der Waals surface area (Å²) in [6.07, 6.45) is 0.913. The fourth-order valence-electron chi connectivity index (χ4n) is 2.92. The number of amides is 1. The van der Waals surface area contributed by atoms with Gasteiger partial charge in [0, 0.05) is 44.6 Å². The zero-order valence-corrected chi connectivity index (χ0v) is 13.1. The lowest BCUT2D eigenvalue weighted by molar-refractivity contribution is -0.384. The SMILES string of the molecule is CC(=O)N(C)[C@@H]1CCN(c2ccc3cc([N+](=O)[O-])ccc3n2)C1. The predicted molar refractivity (Wildman–Crippen MR) is 87.5 cm³/mol. The molecule has 2 heterocycles. The number of nitro benzene ring substituents is 1. The van der Waals surface area contributed by atoms with Gasteiger partial charge in [0.05, 0.1) is 16.5 Å². The lowest BCUT2D eigenvalue weighted by Gasteiger charge is -2.24. The van der Waals surface area contributed by atoms with Crippen LogP contribution in [-0.2, 0) is 4.79 Å². The zero-order chi connectivity index (χ0) is 16.6. The van der Waals surface area contributed by atoms with Gasteiger partial charge >= 0.3 is 0 Å². The molecule has 0 unspecified atom stereocenters. The number of pyridine rings is 1. The van der Waals surface area contributed by atoms with Gasteiger partial charge in [-0.1, -0.05) is 0 Å². The molecule has 7 heteroatoms. The third-order valence-corrected chi connectivity index (χ3v) is 4.40. The number of nitrogens with zero attached hydrogens (tertiary/aromatic N) is 4.